The second-order valence-corrected chi connectivity index (χ2v) is 17.0. The first kappa shape index (κ1) is 34.0. The molecule has 2 N–H and O–H groups in total. The Hall–Kier alpha value is -2.52. The minimum Gasteiger partial charge on any atom is -0.450 e. The van der Waals surface area contributed by atoms with E-state index in [0.717, 1.165) is 19.3 Å². The Morgan fingerprint density at radius 3 is 2.54 bits per heavy atom. The number of aliphatic hydroxyl groups excluding tert-OH is 1. The first-order valence-electron chi connectivity index (χ1n) is 17.6. The van der Waals surface area contributed by atoms with Crippen LogP contribution in [-0.4, -0.2) is 58.4 Å². The number of carbonyl (C=O) groups excluding carboxylic acids is 2. The van der Waals surface area contributed by atoms with Gasteiger partial charge in [-0.1, -0.05) is 55.8 Å². The maximum atomic E-state index is 15.1. The van der Waals surface area contributed by atoms with Crippen LogP contribution in [0.3, 0.4) is 0 Å². The van der Waals surface area contributed by atoms with Crippen LogP contribution in [-0.2, 0) is 22.4 Å². The third-order valence-electron chi connectivity index (χ3n) is 13.6. The molecule has 0 saturated heterocycles. The molecule has 9 heteroatoms. The van der Waals surface area contributed by atoms with Crippen molar-refractivity contribution in [1.82, 2.24) is 4.90 Å². The lowest BCUT2D eigenvalue weighted by atomic mass is 9.32. The van der Waals surface area contributed by atoms with Crippen LogP contribution in [0.2, 0.25) is 5.02 Å². The summed E-state index contributed by atoms with van der Waals surface area (Å²) < 4.78 is 20.6. The molecule has 1 heterocycles. The zero-order chi connectivity index (χ0) is 34.1. The monoisotopic (exact) mass is 695 g/mol. The van der Waals surface area contributed by atoms with Crippen LogP contribution in [0, 0.1) is 39.3 Å². The predicted octanol–water partition coefficient (Wildman–Crippen LogP) is 7.94. The number of allylic oxidation sites excluding steroid dienone is 4. The number of hydrogen-bond acceptors (Lipinski definition) is 6. The molecule has 0 radical (unpaired) electrons. The second kappa shape index (κ2) is 12.1. The van der Waals surface area contributed by atoms with Crippen LogP contribution in [0.1, 0.15) is 76.2 Å². The number of aliphatic hydroxyl groups is 2. The SMILES string of the molecule is CCOC(=O)N(CCc1cccs1)CC1(O)CCC2C34C=CC5(C=C3C(=O)Cc3c(F)cccc3Cl)CC(O)CCC5(C)C4CCC21C. The van der Waals surface area contributed by atoms with Crippen LogP contribution in [0.4, 0.5) is 9.18 Å². The Bertz CT molecular complexity index is 1640. The van der Waals surface area contributed by atoms with Gasteiger partial charge in [-0.15, -0.1) is 11.3 Å². The Morgan fingerprint density at radius 2 is 1.81 bits per heavy atom. The van der Waals surface area contributed by atoms with Gasteiger partial charge in [0.2, 0.25) is 0 Å². The van der Waals surface area contributed by atoms with Crippen LogP contribution in [0.25, 0.3) is 0 Å². The lowest BCUT2D eigenvalue weighted by Gasteiger charge is -2.71. The van der Waals surface area contributed by atoms with Gasteiger partial charge in [0.25, 0.3) is 0 Å². The van der Waals surface area contributed by atoms with Crippen molar-refractivity contribution < 1.29 is 28.9 Å². The number of Topliss-reactive ketones (excluding diaryl/α,β-unsaturated/α-hetero) is 1. The minimum atomic E-state index is -1.20. The zero-order valence-electron chi connectivity index (χ0n) is 28.1. The average molecular weight is 696 g/mol. The molecule has 3 fully saturated rings. The van der Waals surface area contributed by atoms with Crippen molar-refractivity contribution in [2.45, 2.75) is 90.3 Å². The number of thiophene rings is 1. The molecule has 258 valence electrons. The van der Waals surface area contributed by atoms with Gasteiger partial charge in [-0.25, -0.2) is 9.18 Å². The molecule has 2 bridgehead atoms. The summed E-state index contributed by atoms with van der Waals surface area (Å²) in [6.07, 6.45) is 11.1. The van der Waals surface area contributed by atoms with Crippen LogP contribution in [0.15, 0.2) is 59.5 Å². The Morgan fingerprint density at radius 1 is 1.06 bits per heavy atom. The van der Waals surface area contributed by atoms with Gasteiger partial charge in [0.15, 0.2) is 5.78 Å². The highest BCUT2D eigenvalue weighted by Crippen LogP contribution is 2.78. The molecule has 6 aliphatic carbocycles. The second-order valence-electron chi connectivity index (χ2n) is 15.6. The quantitative estimate of drug-likeness (QED) is 0.260. The maximum absolute atomic E-state index is 15.1. The molecular formula is C39H47ClFNO5S. The fourth-order valence-corrected chi connectivity index (χ4v) is 12.0. The first-order valence-corrected chi connectivity index (χ1v) is 18.8. The van der Waals surface area contributed by atoms with Gasteiger partial charge in [0, 0.05) is 50.2 Å². The highest BCUT2D eigenvalue weighted by Gasteiger charge is 2.74. The third kappa shape index (κ3) is 4.90. The number of benzene rings is 1. The molecule has 1 amide bonds. The molecule has 48 heavy (non-hydrogen) atoms. The molecule has 2 spiro atoms. The summed E-state index contributed by atoms with van der Waals surface area (Å²) in [5, 5.41) is 26.0. The van der Waals surface area contributed by atoms with E-state index in [-0.39, 0.29) is 53.2 Å². The molecule has 1 aromatic heterocycles. The van der Waals surface area contributed by atoms with Gasteiger partial charge >= 0.3 is 6.09 Å². The molecule has 6 nitrogen and oxygen atoms in total. The predicted molar refractivity (Wildman–Crippen MR) is 185 cm³/mol. The van der Waals surface area contributed by atoms with Crippen LogP contribution >= 0.6 is 22.9 Å². The number of fused-ring (bicyclic) bond motifs is 1. The van der Waals surface area contributed by atoms with Gasteiger partial charge in [0.05, 0.1) is 24.9 Å². The summed E-state index contributed by atoms with van der Waals surface area (Å²) in [6, 6.07) is 8.56. The normalized spacial score (nSPS) is 37.7. The van der Waals surface area contributed by atoms with Gasteiger partial charge in [-0.2, -0.15) is 0 Å². The highest BCUT2D eigenvalue weighted by molar-refractivity contribution is 7.09. The van der Waals surface area contributed by atoms with Gasteiger partial charge in [-0.3, -0.25) is 4.79 Å². The van der Waals surface area contributed by atoms with E-state index in [1.165, 1.54) is 10.9 Å². The van der Waals surface area contributed by atoms with E-state index in [1.54, 1.807) is 35.3 Å². The van der Waals surface area contributed by atoms with Crippen molar-refractivity contribution in [2.75, 3.05) is 19.7 Å². The Balaban J connectivity index is 1.28. The molecule has 8 unspecified atom stereocenters. The van der Waals surface area contributed by atoms with Crippen molar-refractivity contribution in [1.29, 1.82) is 0 Å². The Kier molecular flexibility index (Phi) is 8.54. The summed E-state index contributed by atoms with van der Waals surface area (Å²) in [4.78, 5) is 30.8. The summed E-state index contributed by atoms with van der Waals surface area (Å²) in [5.41, 5.74) is -2.26. The largest absolute Gasteiger partial charge is 0.450 e. The van der Waals surface area contributed by atoms with Crippen molar-refractivity contribution in [2.24, 2.45) is 33.5 Å². The summed E-state index contributed by atoms with van der Waals surface area (Å²) in [7, 11) is 0. The number of ether oxygens (including phenoxy) is 1. The minimum absolute atomic E-state index is 0.0837. The lowest BCUT2D eigenvalue weighted by molar-refractivity contribution is -0.178. The zero-order valence-corrected chi connectivity index (χ0v) is 29.7. The first-order chi connectivity index (χ1) is 22.8. The third-order valence-corrected chi connectivity index (χ3v) is 14.9. The van der Waals surface area contributed by atoms with E-state index < -0.39 is 39.9 Å². The standard InChI is InChI=1S/C39H47ClFNO5S/c1-4-47-34(45)42(19-13-26-7-6-20-48-26)24-38(46)16-12-33-36(38,3)15-11-32-35(2)14-10-25(43)22-37(35)17-18-39(32,33)28(23-37)31(44)21-27-29(40)8-5-9-30(27)41/h5-9,17-18,20,23,25,32-33,43,46H,4,10-16,19,21-22,24H2,1-3H3. The van der Waals surface area contributed by atoms with Crippen LogP contribution < -0.4 is 0 Å². The van der Waals surface area contributed by atoms with Crippen molar-refractivity contribution in [3.05, 3.63) is 80.8 Å². The van der Waals surface area contributed by atoms with E-state index in [0.29, 0.717) is 44.2 Å². The molecule has 0 aliphatic heterocycles. The summed E-state index contributed by atoms with van der Waals surface area (Å²) in [6.45, 7) is 7.13. The smallest absolute Gasteiger partial charge is 0.409 e. The Labute approximate surface area is 292 Å². The van der Waals surface area contributed by atoms with Gasteiger partial charge < -0.3 is 19.8 Å². The van der Waals surface area contributed by atoms with E-state index in [1.807, 2.05) is 11.4 Å². The number of carbonyl (C=O) groups is 2. The summed E-state index contributed by atoms with van der Waals surface area (Å²) in [5.74, 6) is -0.618. The lowest BCUT2D eigenvalue weighted by Crippen LogP contribution is -2.67. The number of nitrogens with zero attached hydrogens (tertiary/aromatic N) is 1. The van der Waals surface area contributed by atoms with Crippen LogP contribution in [0.5, 0.6) is 0 Å². The average Bonchev–Trinajstić information content (AvgIpc) is 3.66. The van der Waals surface area contributed by atoms with E-state index in [4.69, 9.17) is 16.3 Å². The summed E-state index contributed by atoms with van der Waals surface area (Å²) >= 11 is 8.10. The number of halogens is 2. The molecule has 8 atom stereocenters. The number of hydrogen-bond donors (Lipinski definition) is 2. The van der Waals surface area contributed by atoms with E-state index >= 15 is 4.39 Å². The molecular weight excluding hydrogens is 649 g/mol. The molecule has 6 aliphatic rings. The van der Waals surface area contributed by atoms with Crippen molar-refractivity contribution in [3.8, 4) is 0 Å². The van der Waals surface area contributed by atoms with Gasteiger partial charge in [-0.05, 0) is 99.1 Å². The van der Waals surface area contributed by atoms with Crippen molar-refractivity contribution >= 4 is 34.8 Å². The topological polar surface area (TPSA) is 87.1 Å². The molecule has 2 aromatic rings. The fraction of sp³-hybridized carbons (Fsp3) is 0.590. The van der Waals surface area contributed by atoms with E-state index in [9.17, 15) is 19.8 Å². The maximum Gasteiger partial charge on any atom is 0.409 e. The van der Waals surface area contributed by atoms with E-state index in [2.05, 4.69) is 38.1 Å². The molecule has 8 rings (SSSR count). The number of rotatable bonds is 9. The van der Waals surface area contributed by atoms with Gasteiger partial charge in [0.1, 0.15) is 5.82 Å². The fourth-order valence-electron chi connectivity index (χ4n) is 11.1. The number of amides is 1. The molecule has 3 saturated carbocycles. The molecule has 1 aromatic carbocycles. The van der Waals surface area contributed by atoms with Crippen molar-refractivity contribution in [3.63, 3.8) is 0 Å². The number of ketones is 1. The highest BCUT2D eigenvalue weighted by atomic mass is 35.5.